The van der Waals surface area contributed by atoms with Gasteiger partial charge in [-0.25, -0.2) is 0 Å². The molecule has 0 radical (unpaired) electrons. The van der Waals surface area contributed by atoms with Crippen LogP contribution in [0.4, 0.5) is 0 Å². The predicted molar refractivity (Wildman–Crippen MR) is 164 cm³/mol. The van der Waals surface area contributed by atoms with Crippen molar-refractivity contribution >= 4 is 0 Å². The van der Waals surface area contributed by atoms with Crippen LogP contribution in [0.5, 0.6) is 0 Å². The Bertz CT molecular complexity index is 1060. The van der Waals surface area contributed by atoms with Gasteiger partial charge in [-0.1, -0.05) is 19.3 Å². The van der Waals surface area contributed by atoms with Crippen molar-refractivity contribution in [3.63, 3.8) is 0 Å². The lowest BCUT2D eigenvalue weighted by molar-refractivity contribution is -0.360. The molecule has 16 N–H and O–H groups in total. The third-order valence-corrected chi connectivity index (χ3v) is 10.9. The van der Waals surface area contributed by atoms with E-state index in [1.165, 1.54) is 6.42 Å². The average molecular weight is 710 g/mol. The molecule has 2 saturated carbocycles. The van der Waals surface area contributed by atoms with Crippen molar-refractivity contribution in [3.8, 4) is 0 Å². The van der Waals surface area contributed by atoms with Gasteiger partial charge in [-0.3, -0.25) is 0 Å². The van der Waals surface area contributed by atoms with Crippen LogP contribution in [0, 0.1) is 5.92 Å². The van der Waals surface area contributed by atoms with Crippen molar-refractivity contribution in [3.05, 3.63) is 0 Å². The summed E-state index contributed by atoms with van der Waals surface area (Å²) < 4.78 is 48.0. The first-order valence-corrected chi connectivity index (χ1v) is 17.4. The largest absolute Gasteiger partial charge is 0.394 e. The van der Waals surface area contributed by atoms with Crippen LogP contribution in [0.2, 0.25) is 0 Å². The molecule has 284 valence electrons. The van der Waals surface area contributed by atoms with Gasteiger partial charge in [0, 0.05) is 24.5 Å². The van der Waals surface area contributed by atoms with E-state index in [9.17, 15) is 30.6 Å². The molecule has 0 aromatic rings. The highest BCUT2D eigenvalue weighted by atomic mass is 16.8. The highest BCUT2D eigenvalue weighted by Crippen LogP contribution is 2.37. The van der Waals surface area contributed by atoms with Gasteiger partial charge in [0.2, 0.25) is 0 Å². The number of aliphatic hydroxyl groups is 6. The summed E-state index contributed by atoms with van der Waals surface area (Å²) in [7, 11) is 0. The predicted octanol–water partition coefficient (Wildman–Crippen LogP) is -5.89. The zero-order valence-corrected chi connectivity index (χ0v) is 27.3. The summed E-state index contributed by atoms with van der Waals surface area (Å²) in [6.45, 7) is -0.626. The van der Waals surface area contributed by atoms with E-state index in [0.29, 0.717) is 0 Å². The summed E-state index contributed by atoms with van der Waals surface area (Å²) >= 11 is 0. The normalized spacial score (nSPS) is 53.0. The lowest BCUT2D eigenvalue weighted by Gasteiger charge is -2.50. The fourth-order valence-electron chi connectivity index (χ4n) is 7.88. The topological polar surface area (TPSA) is 325 Å². The first kappa shape index (κ1) is 38.0. The summed E-state index contributed by atoms with van der Waals surface area (Å²) in [6, 6.07) is -3.95. The van der Waals surface area contributed by atoms with Gasteiger partial charge in [-0.15, -0.1) is 0 Å². The smallest absolute Gasteiger partial charge is 0.187 e. The van der Waals surface area contributed by atoms with Crippen molar-refractivity contribution < 1.29 is 68.5 Å². The molecule has 6 rings (SSSR count). The van der Waals surface area contributed by atoms with Gasteiger partial charge in [0.25, 0.3) is 0 Å². The maximum atomic E-state index is 11.3. The summed E-state index contributed by atoms with van der Waals surface area (Å²) in [4.78, 5) is 0. The summed E-state index contributed by atoms with van der Waals surface area (Å²) in [5.74, 6) is 0.230. The van der Waals surface area contributed by atoms with E-state index in [0.717, 1.165) is 25.7 Å². The second-order valence-electron chi connectivity index (χ2n) is 14.2. The minimum atomic E-state index is -1.58. The lowest BCUT2D eigenvalue weighted by atomic mass is 9.84. The van der Waals surface area contributed by atoms with Crippen molar-refractivity contribution in [2.24, 2.45) is 34.6 Å². The van der Waals surface area contributed by atoms with E-state index >= 15 is 0 Å². The minimum Gasteiger partial charge on any atom is -0.394 e. The third kappa shape index (κ3) is 7.67. The molecule has 6 fully saturated rings. The molecule has 20 atom stereocenters. The lowest BCUT2D eigenvalue weighted by Crippen LogP contribution is -2.69. The Labute approximate surface area is 284 Å². The molecule has 4 heterocycles. The van der Waals surface area contributed by atoms with Crippen LogP contribution in [0.25, 0.3) is 0 Å². The number of nitrogens with two attached hydrogens (primary N) is 5. The molecule has 0 aromatic heterocycles. The zero-order chi connectivity index (χ0) is 35.1. The second-order valence-corrected chi connectivity index (χ2v) is 14.2. The Hall–Kier alpha value is -0.760. The number of hydrogen-bond acceptors (Lipinski definition) is 19. The van der Waals surface area contributed by atoms with E-state index < -0.39 is 129 Å². The maximum absolute atomic E-state index is 11.3. The second kappa shape index (κ2) is 16.1. The first-order valence-electron chi connectivity index (χ1n) is 17.4. The van der Waals surface area contributed by atoms with Crippen molar-refractivity contribution in [1.82, 2.24) is 0 Å². The molecule has 4 saturated heterocycles. The van der Waals surface area contributed by atoms with Crippen LogP contribution < -0.4 is 28.7 Å². The van der Waals surface area contributed by atoms with E-state index in [1.807, 2.05) is 0 Å². The Kier molecular flexibility index (Phi) is 12.5. The Morgan fingerprint density at radius 3 is 1.94 bits per heavy atom. The van der Waals surface area contributed by atoms with E-state index in [1.54, 1.807) is 0 Å². The van der Waals surface area contributed by atoms with Gasteiger partial charge in [-0.2, -0.15) is 0 Å². The SMILES string of the molecule is NC[C@@H]1O[C@H](O[C@H]2[C@@H](O)[C@H](O[C@@H]3[C@@H](O)[C@H](N)C[C@H](N)[C@H]3O[C@H]3O[C@@H]4CO[C@@H](C5CCCCC5)O[C@H]4[C@H](O)[C@H]3N)O[C@@H]2CO)[C@H](N)[C@@H](O)[C@@H]1O. The van der Waals surface area contributed by atoms with E-state index in [-0.39, 0.29) is 25.5 Å². The average Bonchev–Trinajstić information content (AvgIpc) is 3.40. The monoisotopic (exact) mass is 709 g/mol. The van der Waals surface area contributed by atoms with Crippen LogP contribution in [-0.4, -0.2) is 173 Å². The van der Waals surface area contributed by atoms with E-state index in [2.05, 4.69) is 0 Å². The number of aliphatic hydroxyl groups excluding tert-OH is 6. The molecule has 2 aliphatic carbocycles. The van der Waals surface area contributed by atoms with E-state index in [4.69, 9.17) is 66.6 Å². The van der Waals surface area contributed by atoms with Gasteiger partial charge < -0.3 is 97.2 Å². The number of ether oxygens (including phenoxy) is 8. The molecule has 0 unspecified atom stereocenters. The van der Waals surface area contributed by atoms with Crippen molar-refractivity contribution in [2.75, 3.05) is 19.8 Å². The molecule has 49 heavy (non-hydrogen) atoms. The molecule has 19 nitrogen and oxygen atoms in total. The Morgan fingerprint density at radius 2 is 1.24 bits per heavy atom. The van der Waals surface area contributed by atoms with Crippen LogP contribution in [0.3, 0.4) is 0 Å². The Balaban J connectivity index is 1.12. The fourth-order valence-corrected chi connectivity index (χ4v) is 7.88. The first-order chi connectivity index (χ1) is 23.4. The standard InChI is InChI=1S/C30H55N5O14/c31-7-13-19(38)20(39)16(34)28(43-13)48-24-14(8-36)44-30(22(24)41)49-26-18(37)11(32)6-12(33)23(26)46-29-17(35)21(40)25-15(45-29)9-42-27(47-25)10-4-2-1-3-5-10/h10-30,36-41H,1-9,31-35H2/t11-,12+,13+,14-,15-,16-,17-,18+,19-,20-,21-,22-,23-,24-,25-,26-,27-,28-,29-,30+/m1/s1. The Morgan fingerprint density at radius 1 is 0.612 bits per heavy atom. The summed E-state index contributed by atoms with van der Waals surface area (Å²) in [6.07, 6.45) is -13.3. The quantitative estimate of drug-likeness (QED) is 0.106. The highest BCUT2D eigenvalue weighted by molar-refractivity contribution is 5.02. The van der Waals surface area contributed by atoms with Crippen molar-refractivity contribution in [2.45, 2.75) is 161 Å². The molecule has 4 aliphatic heterocycles. The molecule has 0 amide bonds. The molecular formula is C30H55N5O14. The molecular weight excluding hydrogens is 654 g/mol. The van der Waals surface area contributed by atoms with Gasteiger partial charge in [0.15, 0.2) is 25.2 Å². The molecule has 0 spiro atoms. The third-order valence-electron chi connectivity index (χ3n) is 10.9. The van der Waals surface area contributed by atoms with Crippen LogP contribution >= 0.6 is 0 Å². The van der Waals surface area contributed by atoms with Crippen LogP contribution in [0.15, 0.2) is 0 Å². The number of rotatable bonds is 9. The molecule has 19 heteroatoms. The molecule has 6 aliphatic rings. The molecule has 0 aromatic carbocycles. The van der Waals surface area contributed by atoms with Crippen LogP contribution in [0.1, 0.15) is 38.5 Å². The number of fused-ring (bicyclic) bond motifs is 1. The van der Waals surface area contributed by atoms with Gasteiger partial charge in [0.1, 0.15) is 67.1 Å². The molecule has 0 bridgehead atoms. The summed E-state index contributed by atoms with van der Waals surface area (Å²) in [5, 5.41) is 64.4. The van der Waals surface area contributed by atoms with Crippen LogP contribution in [-0.2, 0) is 37.9 Å². The van der Waals surface area contributed by atoms with Gasteiger partial charge in [-0.05, 0) is 19.3 Å². The van der Waals surface area contributed by atoms with Gasteiger partial charge >= 0.3 is 0 Å². The maximum Gasteiger partial charge on any atom is 0.187 e. The van der Waals surface area contributed by atoms with Gasteiger partial charge in [0.05, 0.1) is 31.4 Å². The zero-order valence-electron chi connectivity index (χ0n) is 27.3. The van der Waals surface area contributed by atoms with Crippen molar-refractivity contribution in [1.29, 1.82) is 0 Å². The highest BCUT2D eigenvalue weighted by Gasteiger charge is 2.55. The minimum absolute atomic E-state index is 0.129. The fraction of sp³-hybridized carbons (Fsp3) is 1.00. The number of hydrogen-bond donors (Lipinski definition) is 11. The summed E-state index contributed by atoms with van der Waals surface area (Å²) in [5.41, 5.74) is 30.8.